The van der Waals surface area contributed by atoms with E-state index >= 15 is 0 Å². The minimum Gasteiger partial charge on any atom is -0.497 e. The lowest BCUT2D eigenvalue weighted by Crippen LogP contribution is -2.07. The Balaban J connectivity index is 3.22. The van der Waals surface area contributed by atoms with E-state index in [9.17, 15) is 13.2 Å². The van der Waals surface area contributed by atoms with Crippen molar-refractivity contribution in [3.8, 4) is 5.75 Å². The Hall–Kier alpha value is -1.49. The average molecular weight is 232 g/mol. The number of halogens is 3. The Bertz CT molecular complexity index is 383. The average Bonchev–Trinajstić information content (AvgIpc) is 2.25. The second kappa shape index (κ2) is 5.03. The Morgan fingerprint density at radius 2 is 2.06 bits per heavy atom. The van der Waals surface area contributed by atoms with Gasteiger partial charge in [0.1, 0.15) is 5.75 Å². The lowest BCUT2D eigenvalue weighted by atomic mass is 10.1. The van der Waals surface area contributed by atoms with Gasteiger partial charge < -0.3 is 9.84 Å². The van der Waals surface area contributed by atoms with Crippen LogP contribution in [0.5, 0.6) is 5.75 Å². The number of methoxy groups -OCH3 is 1. The molecule has 0 atom stereocenters. The summed E-state index contributed by atoms with van der Waals surface area (Å²) >= 11 is 0. The molecule has 0 aromatic heterocycles. The van der Waals surface area contributed by atoms with Crippen molar-refractivity contribution in [1.29, 1.82) is 0 Å². The van der Waals surface area contributed by atoms with Gasteiger partial charge in [0.15, 0.2) is 0 Å². The molecule has 0 heterocycles. The molecule has 0 saturated carbocycles. The van der Waals surface area contributed by atoms with Gasteiger partial charge in [-0.05, 0) is 17.7 Å². The first-order valence-corrected chi connectivity index (χ1v) is 4.51. The van der Waals surface area contributed by atoms with Gasteiger partial charge in [-0.15, -0.1) is 0 Å². The molecule has 0 aliphatic heterocycles. The van der Waals surface area contributed by atoms with Crippen LogP contribution in [0.1, 0.15) is 11.1 Å². The van der Waals surface area contributed by atoms with E-state index in [1.54, 1.807) is 0 Å². The van der Waals surface area contributed by atoms with E-state index in [-0.39, 0.29) is 17.9 Å². The van der Waals surface area contributed by atoms with Crippen LogP contribution in [0.3, 0.4) is 0 Å². The summed E-state index contributed by atoms with van der Waals surface area (Å²) in [5.41, 5.74) is -0.779. The summed E-state index contributed by atoms with van der Waals surface area (Å²) in [4.78, 5) is 0. The number of alkyl halides is 3. The summed E-state index contributed by atoms with van der Waals surface area (Å²) in [7, 11) is 1.30. The lowest BCUT2D eigenvalue weighted by molar-refractivity contribution is -0.137. The van der Waals surface area contributed by atoms with Crippen LogP contribution in [0.2, 0.25) is 0 Å². The molecule has 0 bridgehead atoms. The summed E-state index contributed by atoms with van der Waals surface area (Å²) in [6.07, 6.45) is -1.97. The maximum atomic E-state index is 12.6. The number of aliphatic hydroxyl groups is 1. The molecule has 0 aliphatic rings. The van der Waals surface area contributed by atoms with E-state index in [1.807, 2.05) is 0 Å². The van der Waals surface area contributed by atoms with Crippen LogP contribution in [0, 0.1) is 0 Å². The molecule has 1 aromatic rings. The fourth-order valence-electron chi connectivity index (χ4n) is 1.23. The first-order valence-electron chi connectivity index (χ1n) is 4.51. The van der Waals surface area contributed by atoms with Crippen LogP contribution in [0.15, 0.2) is 24.3 Å². The van der Waals surface area contributed by atoms with E-state index in [0.29, 0.717) is 0 Å². The molecule has 2 nitrogen and oxygen atoms in total. The topological polar surface area (TPSA) is 29.5 Å². The van der Waals surface area contributed by atoms with Crippen molar-refractivity contribution >= 4 is 6.08 Å². The highest BCUT2D eigenvalue weighted by Gasteiger charge is 2.33. The molecule has 0 radical (unpaired) electrons. The van der Waals surface area contributed by atoms with Gasteiger partial charge in [0, 0.05) is 0 Å². The number of aliphatic hydroxyl groups excluding tert-OH is 1. The fourth-order valence-corrected chi connectivity index (χ4v) is 1.23. The smallest absolute Gasteiger partial charge is 0.417 e. The van der Waals surface area contributed by atoms with Crippen molar-refractivity contribution in [3.05, 3.63) is 35.4 Å². The summed E-state index contributed by atoms with van der Waals surface area (Å²) in [5.74, 6) is 0.147. The Morgan fingerprint density at radius 3 is 2.56 bits per heavy atom. The van der Waals surface area contributed by atoms with E-state index in [2.05, 4.69) is 0 Å². The van der Waals surface area contributed by atoms with Gasteiger partial charge in [-0.3, -0.25) is 0 Å². The van der Waals surface area contributed by atoms with Gasteiger partial charge in [-0.1, -0.05) is 18.2 Å². The minimum atomic E-state index is -4.44. The normalized spacial score (nSPS) is 12.1. The maximum Gasteiger partial charge on any atom is 0.417 e. The molecule has 1 rings (SSSR count). The predicted octanol–water partition coefficient (Wildman–Crippen LogP) is 2.72. The highest BCUT2D eigenvalue weighted by Crippen LogP contribution is 2.34. The van der Waals surface area contributed by atoms with Crippen molar-refractivity contribution in [2.75, 3.05) is 13.7 Å². The number of ether oxygens (including phenoxy) is 1. The van der Waals surface area contributed by atoms with Gasteiger partial charge in [0.2, 0.25) is 0 Å². The third kappa shape index (κ3) is 3.00. The Labute approximate surface area is 91.0 Å². The standard InChI is InChI=1S/C11H11F3O2/c1-16-9-5-4-8(3-2-6-15)10(7-9)11(12,13)14/h2-5,7,15H,6H2,1H3. The van der Waals surface area contributed by atoms with Crippen molar-refractivity contribution < 1.29 is 23.0 Å². The molecular weight excluding hydrogens is 221 g/mol. The number of hydrogen-bond donors (Lipinski definition) is 1. The molecule has 88 valence electrons. The van der Waals surface area contributed by atoms with Crippen LogP contribution in [0.25, 0.3) is 6.08 Å². The monoisotopic (exact) mass is 232 g/mol. The first kappa shape index (κ1) is 12.6. The Kier molecular flexibility index (Phi) is 3.95. The predicted molar refractivity (Wildman–Crippen MR) is 54.1 cm³/mol. The van der Waals surface area contributed by atoms with Gasteiger partial charge in [-0.25, -0.2) is 0 Å². The second-order valence-corrected chi connectivity index (χ2v) is 3.04. The summed E-state index contributed by atoms with van der Waals surface area (Å²) < 4.78 is 42.7. The van der Waals surface area contributed by atoms with Crippen molar-refractivity contribution in [3.63, 3.8) is 0 Å². The van der Waals surface area contributed by atoms with Crippen molar-refractivity contribution in [2.24, 2.45) is 0 Å². The fraction of sp³-hybridized carbons (Fsp3) is 0.273. The van der Waals surface area contributed by atoms with E-state index < -0.39 is 11.7 Å². The van der Waals surface area contributed by atoms with Crippen LogP contribution in [-0.2, 0) is 6.18 Å². The molecule has 0 amide bonds. The summed E-state index contributed by atoms with van der Waals surface area (Å²) in [6.45, 7) is -0.302. The summed E-state index contributed by atoms with van der Waals surface area (Å²) in [6, 6.07) is 3.66. The molecule has 0 fully saturated rings. The van der Waals surface area contributed by atoms with Crippen LogP contribution < -0.4 is 4.74 Å². The lowest BCUT2D eigenvalue weighted by Gasteiger charge is -2.11. The van der Waals surface area contributed by atoms with E-state index in [0.717, 1.165) is 6.07 Å². The van der Waals surface area contributed by atoms with Crippen molar-refractivity contribution in [1.82, 2.24) is 0 Å². The molecular formula is C11H11F3O2. The van der Waals surface area contributed by atoms with Gasteiger partial charge in [-0.2, -0.15) is 13.2 Å². The second-order valence-electron chi connectivity index (χ2n) is 3.04. The first-order chi connectivity index (χ1) is 7.49. The Morgan fingerprint density at radius 1 is 1.38 bits per heavy atom. The van der Waals surface area contributed by atoms with E-state index in [1.165, 1.54) is 31.4 Å². The van der Waals surface area contributed by atoms with Crippen LogP contribution in [-0.4, -0.2) is 18.8 Å². The maximum absolute atomic E-state index is 12.6. The van der Waals surface area contributed by atoms with Gasteiger partial charge in [0.05, 0.1) is 19.3 Å². The van der Waals surface area contributed by atoms with Crippen molar-refractivity contribution in [2.45, 2.75) is 6.18 Å². The molecule has 16 heavy (non-hydrogen) atoms. The highest BCUT2D eigenvalue weighted by molar-refractivity contribution is 5.56. The molecule has 5 heteroatoms. The number of benzene rings is 1. The summed E-state index contributed by atoms with van der Waals surface area (Å²) in [5, 5.41) is 8.53. The van der Waals surface area contributed by atoms with Gasteiger partial charge in [0.25, 0.3) is 0 Å². The third-order valence-electron chi connectivity index (χ3n) is 1.97. The third-order valence-corrected chi connectivity index (χ3v) is 1.97. The zero-order chi connectivity index (χ0) is 12.2. The molecule has 0 saturated heterocycles. The highest BCUT2D eigenvalue weighted by atomic mass is 19.4. The molecule has 0 unspecified atom stereocenters. The number of rotatable bonds is 3. The van der Waals surface area contributed by atoms with Crippen LogP contribution >= 0.6 is 0 Å². The SMILES string of the molecule is COc1ccc(C=CCO)c(C(F)(F)F)c1. The molecule has 1 aromatic carbocycles. The van der Waals surface area contributed by atoms with E-state index in [4.69, 9.17) is 9.84 Å². The van der Waals surface area contributed by atoms with Gasteiger partial charge >= 0.3 is 6.18 Å². The van der Waals surface area contributed by atoms with Crippen LogP contribution in [0.4, 0.5) is 13.2 Å². The number of hydrogen-bond acceptors (Lipinski definition) is 2. The largest absolute Gasteiger partial charge is 0.497 e. The zero-order valence-electron chi connectivity index (χ0n) is 8.58. The molecule has 0 aliphatic carbocycles. The molecule has 1 N–H and O–H groups in total. The quantitative estimate of drug-likeness (QED) is 0.868. The minimum absolute atomic E-state index is 0.00218. The molecule has 0 spiro atoms. The zero-order valence-corrected chi connectivity index (χ0v) is 8.58.